The minimum absolute atomic E-state index is 0.319. The van der Waals surface area contributed by atoms with E-state index in [9.17, 15) is 4.79 Å². The Morgan fingerprint density at radius 3 is 1.86 bits per heavy atom. The molecule has 0 aliphatic carbocycles. The van der Waals surface area contributed by atoms with E-state index in [1.807, 2.05) is 0 Å². The molecule has 0 aliphatic heterocycles. The molecule has 1 radical (unpaired) electrons. The molecule has 2 N–H and O–H groups in total. The molecule has 0 aromatic carbocycles. The highest BCUT2D eigenvalue weighted by atomic mass is 16.3. The Balaban J connectivity index is 3.16. The van der Waals surface area contributed by atoms with Crippen molar-refractivity contribution in [1.82, 2.24) is 0 Å². The van der Waals surface area contributed by atoms with Gasteiger partial charge in [-0.25, -0.2) is 0 Å². The molecule has 41 valence electrons. The van der Waals surface area contributed by atoms with Gasteiger partial charge < -0.3 is 10.2 Å². The first-order valence-electron chi connectivity index (χ1n) is 1.94. The van der Waals surface area contributed by atoms with Crippen LogP contribution in [0.4, 0.5) is 0 Å². The standard InChI is InChI=1S/C4H7O3/c5-1-4(2-6)3-7/h4-6H,1-2H2. The summed E-state index contributed by atoms with van der Waals surface area (Å²) in [5, 5.41) is 16.2. The maximum Gasteiger partial charge on any atom is 0.206 e. The number of aliphatic hydroxyl groups is 2. The summed E-state index contributed by atoms with van der Waals surface area (Å²) in [6, 6.07) is 0. The van der Waals surface area contributed by atoms with Gasteiger partial charge in [-0.1, -0.05) is 0 Å². The smallest absolute Gasteiger partial charge is 0.206 e. The number of hydrogen-bond acceptors (Lipinski definition) is 3. The predicted molar refractivity (Wildman–Crippen MR) is 23.4 cm³/mol. The summed E-state index contributed by atoms with van der Waals surface area (Å²) in [5.41, 5.74) is 0. The van der Waals surface area contributed by atoms with Gasteiger partial charge in [0.05, 0.1) is 19.1 Å². The zero-order valence-electron chi connectivity index (χ0n) is 3.79. The molecule has 0 heterocycles. The summed E-state index contributed by atoms with van der Waals surface area (Å²) in [7, 11) is 0. The molecule has 0 aromatic heterocycles. The summed E-state index contributed by atoms with van der Waals surface area (Å²) < 4.78 is 0. The molecule has 0 aliphatic rings. The van der Waals surface area contributed by atoms with E-state index in [0.717, 1.165) is 0 Å². The highest BCUT2D eigenvalue weighted by Crippen LogP contribution is 1.83. The molecular formula is C4H7O3. The van der Waals surface area contributed by atoms with Crippen molar-refractivity contribution in [2.75, 3.05) is 13.2 Å². The van der Waals surface area contributed by atoms with E-state index in [4.69, 9.17) is 10.2 Å². The molecule has 0 rings (SSSR count). The van der Waals surface area contributed by atoms with Crippen molar-refractivity contribution in [2.45, 2.75) is 0 Å². The highest BCUT2D eigenvalue weighted by molar-refractivity contribution is 5.54. The minimum Gasteiger partial charge on any atom is -0.396 e. The van der Waals surface area contributed by atoms with Crippen LogP contribution < -0.4 is 0 Å². The second-order valence-corrected chi connectivity index (χ2v) is 1.18. The average Bonchev–Trinajstić information content (AvgIpc) is 1.72. The van der Waals surface area contributed by atoms with Crippen LogP contribution in [0.2, 0.25) is 0 Å². The van der Waals surface area contributed by atoms with Crippen molar-refractivity contribution in [3.8, 4) is 0 Å². The van der Waals surface area contributed by atoms with Crippen molar-refractivity contribution in [2.24, 2.45) is 5.92 Å². The lowest BCUT2D eigenvalue weighted by Gasteiger charge is -1.94. The lowest BCUT2D eigenvalue weighted by atomic mass is 10.2. The normalized spacial score (nSPS) is 9.57. The Morgan fingerprint density at radius 2 is 1.86 bits per heavy atom. The maximum atomic E-state index is 9.52. The fourth-order valence-electron chi connectivity index (χ4n) is 0.132. The Hall–Kier alpha value is -0.410. The molecule has 7 heavy (non-hydrogen) atoms. The molecule has 0 bridgehead atoms. The van der Waals surface area contributed by atoms with Crippen LogP contribution >= 0.6 is 0 Å². The van der Waals surface area contributed by atoms with Gasteiger partial charge in [0.15, 0.2) is 0 Å². The molecule has 0 atom stereocenters. The lowest BCUT2D eigenvalue weighted by molar-refractivity contribution is 0.185. The van der Waals surface area contributed by atoms with Gasteiger partial charge in [-0.05, 0) is 0 Å². The number of rotatable bonds is 3. The van der Waals surface area contributed by atoms with Gasteiger partial charge in [-0.3, -0.25) is 4.79 Å². The van der Waals surface area contributed by atoms with E-state index in [1.165, 1.54) is 6.29 Å². The van der Waals surface area contributed by atoms with Gasteiger partial charge in [-0.2, -0.15) is 0 Å². The van der Waals surface area contributed by atoms with E-state index >= 15 is 0 Å². The van der Waals surface area contributed by atoms with Crippen molar-refractivity contribution in [1.29, 1.82) is 0 Å². The molecule has 3 heteroatoms. The first kappa shape index (κ1) is 6.59. The topological polar surface area (TPSA) is 57.5 Å². The third-order valence-electron chi connectivity index (χ3n) is 0.607. The van der Waals surface area contributed by atoms with Crippen molar-refractivity contribution in [3.63, 3.8) is 0 Å². The first-order valence-corrected chi connectivity index (χ1v) is 1.94. The van der Waals surface area contributed by atoms with Gasteiger partial charge in [0.25, 0.3) is 0 Å². The molecular weight excluding hydrogens is 96.0 g/mol. The van der Waals surface area contributed by atoms with Crippen LogP contribution in [0.15, 0.2) is 0 Å². The SMILES string of the molecule is O=[C]C(CO)CO. The zero-order valence-corrected chi connectivity index (χ0v) is 3.79. The lowest BCUT2D eigenvalue weighted by Crippen LogP contribution is -2.11. The maximum absolute atomic E-state index is 9.52. The van der Waals surface area contributed by atoms with Gasteiger partial charge in [-0.15, -0.1) is 0 Å². The van der Waals surface area contributed by atoms with Crippen LogP contribution in [0.3, 0.4) is 0 Å². The summed E-state index contributed by atoms with van der Waals surface area (Å²) in [4.78, 5) is 9.52. The Morgan fingerprint density at radius 1 is 1.43 bits per heavy atom. The van der Waals surface area contributed by atoms with E-state index in [2.05, 4.69) is 0 Å². The quantitative estimate of drug-likeness (QED) is 0.466. The van der Waals surface area contributed by atoms with E-state index < -0.39 is 5.92 Å². The third-order valence-corrected chi connectivity index (χ3v) is 0.607. The summed E-state index contributed by atoms with van der Waals surface area (Å²) >= 11 is 0. The van der Waals surface area contributed by atoms with E-state index in [1.54, 1.807) is 0 Å². The summed E-state index contributed by atoms with van der Waals surface area (Å²) in [5.74, 6) is -0.708. The van der Waals surface area contributed by atoms with Gasteiger partial charge in [0, 0.05) is 0 Å². The second kappa shape index (κ2) is 3.77. The highest BCUT2D eigenvalue weighted by Gasteiger charge is 2.01. The molecule has 0 amide bonds. The molecule has 0 saturated heterocycles. The largest absolute Gasteiger partial charge is 0.396 e. The van der Waals surface area contributed by atoms with Crippen molar-refractivity contribution < 1.29 is 15.0 Å². The minimum atomic E-state index is -0.708. The van der Waals surface area contributed by atoms with Gasteiger partial charge in [0.2, 0.25) is 6.29 Å². The fraction of sp³-hybridized carbons (Fsp3) is 0.750. The Bertz CT molecular complexity index is 48.9. The van der Waals surface area contributed by atoms with Crippen LogP contribution in [0.25, 0.3) is 0 Å². The second-order valence-electron chi connectivity index (χ2n) is 1.18. The summed E-state index contributed by atoms with van der Waals surface area (Å²) in [6.07, 6.45) is 1.45. The van der Waals surface area contributed by atoms with Crippen LogP contribution in [0.1, 0.15) is 0 Å². The predicted octanol–water partition coefficient (Wildman–Crippen LogP) is -1.30. The molecule has 0 aromatic rings. The number of carbonyl (C=O) groups excluding carboxylic acids is 1. The van der Waals surface area contributed by atoms with Gasteiger partial charge in [0.1, 0.15) is 0 Å². The average molecular weight is 103 g/mol. The van der Waals surface area contributed by atoms with Crippen LogP contribution in [-0.4, -0.2) is 29.7 Å². The Labute approximate surface area is 41.6 Å². The van der Waals surface area contributed by atoms with Gasteiger partial charge >= 0.3 is 0 Å². The van der Waals surface area contributed by atoms with E-state index in [0.29, 0.717) is 0 Å². The molecule has 0 fully saturated rings. The summed E-state index contributed by atoms with van der Waals surface area (Å²) in [6.45, 7) is -0.639. The van der Waals surface area contributed by atoms with Crippen LogP contribution in [0, 0.1) is 5.92 Å². The Kier molecular flexibility index (Phi) is 3.55. The van der Waals surface area contributed by atoms with Crippen molar-refractivity contribution >= 4 is 6.29 Å². The monoisotopic (exact) mass is 103 g/mol. The molecule has 0 saturated carbocycles. The van der Waals surface area contributed by atoms with E-state index in [-0.39, 0.29) is 13.2 Å². The molecule has 3 nitrogen and oxygen atoms in total. The zero-order chi connectivity index (χ0) is 5.70. The molecule has 0 spiro atoms. The van der Waals surface area contributed by atoms with Crippen LogP contribution in [-0.2, 0) is 4.79 Å². The number of aliphatic hydroxyl groups excluding tert-OH is 2. The number of hydrogen-bond donors (Lipinski definition) is 2. The van der Waals surface area contributed by atoms with Crippen molar-refractivity contribution in [3.05, 3.63) is 0 Å². The third kappa shape index (κ3) is 2.31. The first-order chi connectivity index (χ1) is 3.35. The van der Waals surface area contributed by atoms with Crippen LogP contribution in [0.5, 0.6) is 0 Å². The molecule has 0 unspecified atom stereocenters. The fourth-order valence-corrected chi connectivity index (χ4v) is 0.132.